The normalized spacial score (nSPS) is 11.3. The summed E-state index contributed by atoms with van der Waals surface area (Å²) in [4.78, 5) is 36.3. The first kappa shape index (κ1) is 22.7. The summed E-state index contributed by atoms with van der Waals surface area (Å²) in [5, 5.41) is 2.53. The Morgan fingerprint density at radius 1 is 1.07 bits per heavy atom. The molecule has 0 aliphatic heterocycles. The molecular weight excluding hydrogens is 489 g/mol. The van der Waals surface area contributed by atoms with Gasteiger partial charge < -0.3 is 19.5 Å². The summed E-state index contributed by atoms with van der Waals surface area (Å²) in [6, 6.07) is 11.7. The second kappa shape index (κ2) is 10.8. The molecule has 0 aliphatic carbocycles. The van der Waals surface area contributed by atoms with Crippen LogP contribution in [-0.2, 0) is 27.3 Å². The zero-order valence-corrected chi connectivity index (χ0v) is 18.5. The lowest BCUT2D eigenvalue weighted by Crippen LogP contribution is -2.43. The summed E-state index contributed by atoms with van der Waals surface area (Å²) >= 11 is 2.06. The predicted octanol–water partition coefficient (Wildman–Crippen LogP) is 3.51. The van der Waals surface area contributed by atoms with Crippen LogP contribution in [0.5, 0.6) is 5.75 Å². The largest absolute Gasteiger partial charge is 0.495 e. The Hall–Kier alpha value is -2.62. The number of carbonyl (C=O) groups is 3. The van der Waals surface area contributed by atoms with Gasteiger partial charge in [0.05, 0.1) is 23.4 Å². The fraction of sp³-hybridized carbons (Fsp3) is 0.286. The fourth-order valence-corrected chi connectivity index (χ4v) is 3.63. The number of Topliss-reactive ketones (excluding diaryl/α,β-unsaturated/α-hetero) is 1. The number of benzene rings is 2. The molecule has 0 fully saturated rings. The number of amides is 1. The third-order valence-electron chi connectivity index (χ3n) is 4.12. The highest BCUT2D eigenvalue weighted by atomic mass is 127. The van der Waals surface area contributed by atoms with Crippen LogP contribution in [0.15, 0.2) is 42.5 Å². The monoisotopic (exact) mass is 511 g/mol. The third-order valence-corrected chi connectivity index (χ3v) is 4.92. The minimum Gasteiger partial charge on any atom is -0.495 e. The summed E-state index contributed by atoms with van der Waals surface area (Å²) in [6.45, 7) is 1.52. The molecule has 2 aromatic rings. The number of methoxy groups -OCH3 is 2. The van der Waals surface area contributed by atoms with Crippen LogP contribution in [0, 0.1) is 3.57 Å². The zero-order chi connectivity index (χ0) is 21.4. The number of ketones is 1. The standard InChI is InChI=1S/C21H22INO6/c1-13(24)16-9-15(10-17(22)19(16)27-2)11-18(20(25)28-3)23-21(26)29-12-14-7-5-4-6-8-14/h4-10,18H,11-12H2,1-3H3,(H,23,26)/t18-/m0/s1. The van der Waals surface area contributed by atoms with E-state index in [9.17, 15) is 14.4 Å². The van der Waals surface area contributed by atoms with Gasteiger partial charge in [0, 0.05) is 6.42 Å². The van der Waals surface area contributed by atoms with Crippen molar-refractivity contribution in [3.05, 3.63) is 62.7 Å². The van der Waals surface area contributed by atoms with Gasteiger partial charge in [-0.05, 0) is 52.8 Å². The Morgan fingerprint density at radius 3 is 2.34 bits per heavy atom. The SMILES string of the molecule is COC(=O)[C@H](Cc1cc(I)c(OC)c(C(C)=O)c1)NC(=O)OCc1ccccc1. The van der Waals surface area contributed by atoms with E-state index in [0.717, 1.165) is 9.13 Å². The van der Waals surface area contributed by atoms with Gasteiger partial charge in [-0.1, -0.05) is 30.3 Å². The minimum atomic E-state index is -0.965. The highest BCUT2D eigenvalue weighted by Crippen LogP contribution is 2.28. The first-order valence-electron chi connectivity index (χ1n) is 8.78. The Kier molecular flexibility index (Phi) is 8.44. The molecular formula is C21H22INO6. The molecule has 0 radical (unpaired) electrons. The average molecular weight is 511 g/mol. The summed E-state index contributed by atoms with van der Waals surface area (Å²) in [5.74, 6) is -0.296. The summed E-state index contributed by atoms with van der Waals surface area (Å²) in [7, 11) is 2.73. The molecule has 0 unspecified atom stereocenters. The van der Waals surface area contributed by atoms with Gasteiger partial charge in [0.2, 0.25) is 0 Å². The minimum absolute atomic E-state index is 0.0789. The van der Waals surface area contributed by atoms with Crippen LogP contribution in [0.4, 0.5) is 4.79 Å². The van der Waals surface area contributed by atoms with Crippen LogP contribution in [-0.4, -0.2) is 38.1 Å². The van der Waals surface area contributed by atoms with Crippen molar-refractivity contribution in [2.24, 2.45) is 0 Å². The summed E-state index contributed by atoms with van der Waals surface area (Å²) < 4.78 is 16.0. The quantitative estimate of drug-likeness (QED) is 0.332. The van der Waals surface area contributed by atoms with E-state index in [1.165, 1.54) is 21.1 Å². The molecule has 0 aliphatic rings. The second-order valence-corrected chi connectivity index (χ2v) is 7.36. The lowest BCUT2D eigenvalue weighted by Gasteiger charge is -2.18. The molecule has 0 saturated carbocycles. The maximum atomic E-state index is 12.2. The number of hydrogen-bond donors (Lipinski definition) is 1. The van der Waals surface area contributed by atoms with Crippen molar-refractivity contribution in [2.45, 2.75) is 26.0 Å². The molecule has 7 nitrogen and oxygen atoms in total. The Balaban J connectivity index is 2.13. The number of nitrogens with one attached hydrogen (secondary N) is 1. The van der Waals surface area contributed by atoms with Crippen molar-refractivity contribution in [2.75, 3.05) is 14.2 Å². The molecule has 2 aromatic carbocycles. The number of halogens is 1. The molecule has 0 saturated heterocycles. The zero-order valence-electron chi connectivity index (χ0n) is 16.4. The molecule has 8 heteroatoms. The maximum Gasteiger partial charge on any atom is 0.408 e. The molecule has 0 aromatic heterocycles. The Morgan fingerprint density at radius 2 is 1.76 bits per heavy atom. The van der Waals surface area contributed by atoms with Crippen LogP contribution < -0.4 is 10.1 Å². The number of alkyl carbamates (subject to hydrolysis) is 1. The third kappa shape index (κ3) is 6.45. The van der Waals surface area contributed by atoms with E-state index in [2.05, 4.69) is 27.9 Å². The van der Waals surface area contributed by atoms with Crippen LogP contribution in [0.2, 0.25) is 0 Å². The average Bonchev–Trinajstić information content (AvgIpc) is 2.71. The molecule has 0 bridgehead atoms. The van der Waals surface area contributed by atoms with Gasteiger partial charge in [-0.2, -0.15) is 0 Å². The molecule has 1 N–H and O–H groups in total. The summed E-state index contributed by atoms with van der Waals surface area (Å²) in [5.41, 5.74) is 1.91. The van der Waals surface area contributed by atoms with Gasteiger partial charge in [-0.25, -0.2) is 9.59 Å². The predicted molar refractivity (Wildman–Crippen MR) is 115 cm³/mol. The Labute approximate surface area is 182 Å². The molecule has 154 valence electrons. The van der Waals surface area contributed by atoms with Crippen molar-refractivity contribution in [3.8, 4) is 5.75 Å². The van der Waals surface area contributed by atoms with Gasteiger partial charge in [0.25, 0.3) is 0 Å². The van der Waals surface area contributed by atoms with E-state index < -0.39 is 18.1 Å². The van der Waals surface area contributed by atoms with E-state index in [4.69, 9.17) is 14.2 Å². The number of ether oxygens (including phenoxy) is 3. The van der Waals surface area contributed by atoms with Gasteiger partial charge >= 0.3 is 12.1 Å². The van der Waals surface area contributed by atoms with Crippen molar-refractivity contribution in [3.63, 3.8) is 0 Å². The van der Waals surface area contributed by atoms with Crippen molar-refractivity contribution in [1.29, 1.82) is 0 Å². The smallest absolute Gasteiger partial charge is 0.408 e. The topological polar surface area (TPSA) is 90.9 Å². The molecule has 29 heavy (non-hydrogen) atoms. The molecule has 0 spiro atoms. The van der Waals surface area contributed by atoms with Crippen molar-refractivity contribution >= 4 is 40.4 Å². The van der Waals surface area contributed by atoms with E-state index in [1.807, 2.05) is 30.3 Å². The van der Waals surface area contributed by atoms with Gasteiger partial charge in [0.1, 0.15) is 18.4 Å². The molecule has 1 amide bonds. The highest BCUT2D eigenvalue weighted by Gasteiger charge is 2.24. The van der Waals surface area contributed by atoms with Crippen LogP contribution >= 0.6 is 22.6 Å². The van der Waals surface area contributed by atoms with Crippen LogP contribution in [0.3, 0.4) is 0 Å². The molecule has 2 rings (SSSR count). The van der Waals surface area contributed by atoms with E-state index >= 15 is 0 Å². The first-order valence-corrected chi connectivity index (χ1v) is 9.86. The molecule has 0 heterocycles. The van der Waals surface area contributed by atoms with Crippen LogP contribution in [0.1, 0.15) is 28.4 Å². The van der Waals surface area contributed by atoms with Crippen molar-refractivity contribution < 1.29 is 28.6 Å². The van der Waals surface area contributed by atoms with E-state index in [1.54, 1.807) is 12.1 Å². The number of carbonyl (C=O) groups excluding carboxylic acids is 3. The van der Waals surface area contributed by atoms with Gasteiger partial charge in [-0.3, -0.25) is 4.79 Å². The van der Waals surface area contributed by atoms with Gasteiger partial charge in [-0.15, -0.1) is 0 Å². The lowest BCUT2D eigenvalue weighted by molar-refractivity contribution is -0.143. The van der Waals surface area contributed by atoms with Crippen LogP contribution in [0.25, 0.3) is 0 Å². The fourth-order valence-electron chi connectivity index (χ4n) is 2.71. The lowest BCUT2D eigenvalue weighted by atomic mass is 10.0. The van der Waals surface area contributed by atoms with Crippen molar-refractivity contribution in [1.82, 2.24) is 5.32 Å². The molecule has 1 atom stereocenters. The number of rotatable bonds is 8. The maximum absolute atomic E-state index is 12.2. The second-order valence-electron chi connectivity index (χ2n) is 6.20. The summed E-state index contributed by atoms with van der Waals surface area (Å²) in [6.07, 6.45) is -0.604. The highest BCUT2D eigenvalue weighted by molar-refractivity contribution is 14.1. The first-order chi connectivity index (χ1) is 13.8. The number of esters is 1. The van der Waals surface area contributed by atoms with E-state index in [-0.39, 0.29) is 18.8 Å². The number of hydrogen-bond acceptors (Lipinski definition) is 6. The van der Waals surface area contributed by atoms with E-state index in [0.29, 0.717) is 16.9 Å². The Bertz CT molecular complexity index is 884. The van der Waals surface area contributed by atoms with Gasteiger partial charge in [0.15, 0.2) is 5.78 Å².